The van der Waals surface area contributed by atoms with Gasteiger partial charge in [-0.3, -0.25) is 0 Å². The maximum Gasteiger partial charge on any atom is 0.0949 e. The van der Waals surface area contributed by atoms with Crippen LogP contribution in [0.2, 0.25) is 0 Å². The number of nitrogens with zero attached hydrogens (tertiary/aromatic N) is 2. The number of aromatic nitrogens is 2. The van der Waals surface area contributed by atoms with Crippen molar-refractivity contribution in [2.24, 2.45) is 5.73 Å². The predicted molar refractivity (Wildman–Crippen MR) is 78.3 cm³/mol. The van der Waals surface area contributed by atoms with Gasteiger partial charge in [-0.15, -0.1) is 0 Å². The Kier molecular flexibility index (Phi) is 4.14. The van der Waals surface area contributed by atoms with E-state index in [4.69, 9.17) is 10.5 Å². The SMILES string of the molecule is N[C@H](Cc1ccccc1)c1cncn1CC1CCCO1. The van der Waals surface area contributed by atoms with Crippen LogP contribution in [0.5, 0.6) is 0 Å². The minimum atomic E-state index is -0.0266. The Morgan fingerprint density at radius 1 is 1.35 bits per heavy atom. The van der Waals surface area contributed by atoms with Gasteiger partial charge in [0.1, 0.15) is 0 Å². The molecule has 106 valence electrons. The summed E-state index contributed by atoms with van der Waals surface area (Å²) in [6.07, 6.45) is 7.17. The van der Waals surface area contributed by atoms with Crippen molar-refractivity contribution in [2.75, 3.05) is 6.61 Å². The monoisotopic (exact) mass is 271 g/mol. The molecule has 0 radical (unpaired) electrons. The van der Waals surface area contributed by atoms with Crippen molar-refractivity contribution >= 4 is 0 Å². The van der Waals surface area contributed by atoms with Crippen molar-refractivity contribution < 1.29 is 4.74 Å². The molecule has 2 heterocycles. The van der Waals surface area contributed by atoms with Crippen LogP contribution in [0.4, 0.5) is 0 Å². The molecule has 1 saturated heterocycles. The second-order valence-electron chi connectivity index (χ2n) is 5.40. The highest BCUT2D eigenvalue weighted by atomic mass is 16.5. The Balaban J connectivity index is 1.68. The van der Waals surface area contributed by atoms with Gasteiger partial charge in [-0.25, -0.2) is 4.98 Å². The number of hydrogen-bond donors (Lipinski definition) is 1. The summed E-state index contributed by atoms with van der Waals surface area (Å²) in [4.78, 5) is 4.25. The third-order valence-corrected chi connectivity index (χ3v) is 3.85. The number of benzene rings is 1. The van der Waals surface area contributed by atoms with Gasteiger partial charge in [-0.2, -0.15) is 0 Å². The van der Waals surface area contributed by atoms with Crippen LogP contribution in [0.3, 0.4) is 0 Å². The number of ether oxygens (including phenoxy) is 1. The molecule has 2 atom stereocenters. The summed E-state index contributed by atoms with van der Waals surface area (Å²) in [6.45, 7) is 1.74. The van der Waals surface area contributed by atoms with Crippen LogP contribution in [0.15, 0.2) is 42.9 Å². The fraction of sp³-hybridized carbons (Fsp3) is 0.438. The van der Waals surface area contributed by atoms with Crippen molar-refractivity contribution in [1.82, 2.24) is 9.55 Å². The highest BCUT2D eigenvalue weighted by Gasteiger charge is 2.19. The topological polar surface area (TPSA) is 53.1 Å². The van der Waals surface area contributed by atoms with Gasteiger partial charge in [0.25, 0.3) is 0 Å². The van der Waals surface area contributed by atoms with E-state index in [0.29, 0.717) is 6.10 Å². The molecule has 0 saturated carbocycles. The van der Waals surface area contributed by atoms with Crippen LogP contribution in [0.25, 0.3) is 0 Å². The summed E-state index contributed by atoms with van der Waals surface area (Å²) in [5, 5.41) is 0. The second-order valence-corrected chi connectivity index (χ2v) is 5.40. The summed E-state index contributed by atoms with van der Waals surface area (Å²) in [7, 11) is 0. The molecule has 0 bridgehead atoms. The fourth-order valence-electron chi connectivity index (χ4n) is 2.77. The van der Waals surface area contributed by atoms with Crippen LogP contribution in [0.1, 0.15) is 30.1 Å². The molecule has 0 spiro atoms. The van der Waals surface area contributed by atoms with Crippen molar-refractivity contribution in [3.05, 3.63) is 54.1 Å². The molecule has 1 aromatic carbocycles. The van der Waals surface area contributed by atoms with E-state index in [1.54, 1.807) is 0 Å². The molecule has 2 N–H and O–H groups in total. The molecule has 4 heteroatoms. The van der Waals surface area contributed by atoms with E-state index in [-0.39, 0.29) is 6.04 Å². The van der Waals surface area contributed by atoms with Crippen LogP contribution in [-0.4, -0.2) is 22.3 Å². The Labute approximate surface area is 119 Å². The summed E-state index contributed by atoms with van der Waals surface area (Å²) < 4.78 is 7.83. The van der Waals surface area contributed by atoms with Gasteiger partial charge < -0.3 is 15.0 Å². The molecule has 0 amide bonds. The van der Waals surface area contributed by atoms with E-state index in [1.807, 2.05) is 30.7 Å². The molecule has 1 aliphatic heterocycles. The zero-order valence-electron chi connectivity index (χ0n) is 11.6. The number of imidazole rings is 1. The Bertz CT molecular complexity index is 532. The van der Waals surface area contributed by atoms with E-state index in [1.165, 1.54) is 5.56 Å². The number of nitrogens with two attached hydrogens (primary N) is 1. The third kappa shape index (κ3) is 3.08. The lowest BCUT2D eigenvalue weighted by Gasteiger charge is -2.17. The first-order valence-corrected chi connectivity index (χ1v) is 7.24. The lowest BCUT2D eigenvalue weighted by atomic mass is 10.0. The van der Waals surface area contributed by atoms with E-state index >= 15 is 0 Å². The van der Waals surface area contributed by atoms with E-state index in [0.717, 1.165) is 38.1 Å². The minimum Gasteiger partial charge on any atom is -0.376 e. The van der Waals surface area contributed by atoms with E-state index in [2.05, 4.69) is 21.7 Å². The largest absolute Gasteiger partial charge is 0.376 e. The lowest BCUT2D eigenvalue weighted by molar-refractivity contribution is 0.0961. The molecule has 4 nitrogen and oxygen atoms in total. The first-order valence-electron chi connectivity index (χ1n) is 7.24. The normalized spacial score (nSPS) is 20.1. The van der Waals surface area contributed by atoms with Crippen LogP contribution in [-0.2, 0) is 17.7 Å². The maximum atomic E-state index is 6.34. The fourth-order valence-corrected chi connectivity index (χ4v) is 2.77. The van der Waals surface area contributed by atoms with Gasteiger partial charge in [0.2, 0.25) is 0 Å². The van der Waals surface area contributed by atoms with Gasteiger partial charge in [0, 0.05) is 12.8 Å². The van der Waals surface area contributed by atoms with Crippen LogP contribution in [0, 0.1) is 0 Å². The van der Waals surface area contributed by atoms with Gasteiger partial charge in [0.05, 0.1) is 30.7 Å². The molecule has 1 fully saturated rings. The molecule has 1 aliphatic rings. The maximum absolute atomic E-state index is 6.34. The molecular weight excluding hydrogens is 250 g/mol. The smallest absolute Gasteiger partial charge is 0.0949 e. The first kappa shape index (κ1) is 13.3. The summed E-state index contributed by atoms with van der Waals surface area (Å²) >= 11 is 0. The Hall–Kier alpha value is -1.65. The third-order valence-electron chi connectivity index (χ3n) is 3.85. The van der Waals surface area contributed by atoms with Gasteiger partial charge in [-0.05, 0) is 24.8 Å². The van der Waals surface area contributed by atoms with Crippen LogP contribution < -0.4 is 5.73 Å². The first-order chi connectivity index (χ1) is 9.83. The van der Waals surface area contributed by atoms with Gasteiger partial charge in [-0.1, -0.05) is 30.3 Å². The quantitative estimate of drug-likeness (QED) is 0.908. The predicted octanol–water partition coefficient (Wildman–Crippen LogP) is 2.30. The van der Waals surface area contributed by atoms with Crippen molar-refractivity contribution in [3.8, 4) is 0 Å². The standard InChI is InChI=1S/C16H21N3O/c17-15(9-13-5-2-1-3-6-13)16-10-18-12-19(16)11-14-7-4-8-20-14/h1-3,5-6,10,12,14-15H,4,7-9,11,17H2/t14?,15-/m1/s1. The Morgan fingerprint density at radius 2 is 2.20 bits per heavy atom. The van der Waals surface area contributed by atoms with Crippen molar-refractivity contribution in [1.29, 1.82) is 0 Å². The van der Waals surface area contributed by atoms with E-state index in [9.17, 15) is 0 Å². The zero-order valence-corrected chi connectivity index (χ0v) is 11.6. The molecule has 20 heavy (non-hydrogen) atoms. The average molecular weight is 271 g/mol. The zero-order chi connectivity index (χ0) is 13.8. The number of rotatable bonds is 5. The molecular formula is C16H21N3O. The van der Waals surface area contributed by atoms with Crippen molar-refractivity contribution in [2.45, 2.75) is 38.0 Å². The summed E-state index contributed by atoms with van der Waals surface area (Å²) in [5.41, 5.74) is 8.69. The minimum absolute atomic E-state index is 0.0266. The number of hydrogen-bond acceptors (Lipinski definition) is 3. The molecule has 1 aromatic heterocycles. The van der Waals surface area contributed by atoms with Gasteiger partial charge in [0.15, 0.2) is 0 Å². The summed E-state index contributed by atoms with van der Waals surface area (Å²) in [5.74, 6) is 0. The molecule has 0 aliphatic carbocycles. The highest BCUT2D eigenvalue weighted by Crippen LogP contribution is 2.19. The van der Waals surface area contributed by atoms with Crippen molar-refractivity contribution in [3.63, 3.8) is 0 Å². The second kappa shape index (κ2) is 6.20. The van der Waals surface area contributed by atoms with E-state index < -0.39 is 0 Å². The molecule has 3 rings (SSSR count). The van der Waals surface area contributed by atoms with Gasteiger partial charge >= 0.3 is 0 Å². The molecule has 1 unspecified atom stereocenters. The summed E-state index contributed by atoms with van der Waals surface area (Å²) in [6, 6.07) is 10.3. The molecule has 2 aromatic rings. The lowest BCUT2D eigenvalue weighted by Crippen LogP contribution is -2.22. The highest BCUT2D eigenvalue weighted by molar-refractivity contribution is 5.18. The van der Waals surface area contributed by atoms with Crippen LogP contribution >= 0.6 is 0 Å². The average Bonchev–Trinajstić information content (AvgIpc) is 3.12. The Morgan fingerprint density at radius 3 is 2.95 bits per heavy atom.